The molecular weight excluding hydrogens is 264 g/mol. The molecule has 0 aromatic carbocycles. The number of esters is 1. The molecule has 3 nitrogen and oxygen atoms in total. The third kappa shape index (κ3) is 2.45. The molecule has 3 fully saturated rings. The van der Waals surface area contributed by atoms with Crippen LogP contribution in [0.15, 0.2) is 12.2 Å². The minimum Gasteiger partial charge on any atom is -0.459 e. The lowest BCUT2D eigenvalue weighted by Crippen LogP contribution is -2.39. The van der Waals surface area contributed by atoms with Gasteiger partial charge in [0.05, 0.1) is 0 Å². The van der Waals surface area contributed by atoms with Crippen LogP contribution in [0.5, 0.6) is 0 Å². The number of ketones is 1. The van der Waals surface area contributed by atoms with Crippen molar-refractivity contribution in [3.8, 4) is 0 Å². The third-order valence-corrected chi connectivity index (χ3v) is 6.29. The summed E-state index contributed by atoms with van der Waals surface area (Å²) in [5.41, 5.74) is 0.782. The van der Waals surface area contributed by atoms with Gasteiger partial charge in [-0.1, -0.05) is 20.4 Å². The Labute approximate surface area is 127 Å². The molecule has 1 saturated heterocycles. The Morgan fingerprint density at radius 3 is 2.81 bits per heavy atom. The smallest absolute Gasteiger partial charge is 0.333 e. The summed E-state index contributed by atoms with van der Waals surface area (Å²) in [6, 6.07) is 0. The molecule has 5 atom stereocenters. The molecule has 116 valence electrons. The quantitative estimate of drug-likeness (QED) is 0.588. The molecule has 2 aliphatic carbocycles. The van der Waals surface area contributed by atoms with E-state index in [0.29, 0.717) is 29.6 Å². The molecule has 21 heavy (non-hydrogen) atoms. The van der Waals surface area contributed by atoms with Crippen LogP contribution in [0.3, 0.4) is 0 Å². The van der Waals surface area contributed by atoms with Gasteiger partial charge >= 0.3 is 5.97 Å². The van der Waals surface area contributed by atoms with Crippen molar-refractivity contribution >= 4 is 11.8 Å². The van der Waals surface area contributed by atoms with E-state index in [1.807, 2.05) is 0 Å². The van der Waals surface area contributed by atoms with Crippen molar-refractivity contribution in [3.05, 3.63) is 12.2 Å². The summed E-state index contributed by atoms with van der Waals surface area (Å²) in [6.07, 6.45) is 6.79. The summed E-state index contributed by atoms with van der Waals surface area (Å²) in [7, 11) is 0. The van der Waals surface area contributed by atoms with Crippen molar-refractivity contribution in [1.29, 1.82) is 0 Å². The highest BCUT2D eigenvalue weighted by atomic mass is 16.5. The lowest BCUT2D eigenvalue weighted by atomic mass is 9.62. The van der Waals surface area contributed by atoms with Gasteiger partial charge in [-0.15, -0.1) is 0 Å². The van der Waals surface area contributed by atoms with Gasteiger partial charge in [0.1, 0.15) is 11.9 Å². The zero-order chi connectivity index (χ0) is 15.2. The molecule has 0 N–H and O–H groups in total. The Kier molecular flexibility index (Phi) is 3.71. The molecule has 1 unspecified atom stereocenters. The number of rotatable bonds is 3. The molecule has 2 saturated carbocycles. The van der Waals surface area contributed by atoms with E-state index >= 15 is 0 Å². The number of carbonyl (C=O) groups is 2. The van der Waals surface area contributed by atoms with Gasteiger partial charge in [0.2, 0.25) is 0 Å². The van der Waals surface area contributed by atoms with Crippen LogP contribution < -0.4 is 0 Å². The van der Waals surface area contributed by atoms with Gasteiger partial charge in [-0.25, -0.2) is 4.79 Å². The Morgan fingerprint density at radius 1 is 1.38 bits per heavy atom. The molecule has 0 aromatic rings. The standard InChI is InChI=1S/C18H26O3/c1-11(9-13-10-12(2)17(20)21-13)14-6-7-15-16(19)5-4-8-18(14,15)3/h11,13-15H,2,4-10H2,1,3H3/t11-,13?,14-,15+,18-/m1/s1. The fourth-order valence-corrected chi connectivity index (χ4v) is 5.25. The van der Waals surface area contributed by atoms with E-state index in [9.17, 15) is 9.59 Å². The molecule has 3 rings (SSSR count). The summed E-state index contributed by atoms with van der Waals surface area (Å²) < 4.78 is 5.39. The van der Waals surface area contributed by atoms with E-state index in [0.717, 1.165) is 32.1 Å². The maximum Gasteiger partial charge on any atom is 0.333 e. The first-order chi connectivity index (χ1) is 9.91. The van der Waals surface area contributed by atoms with E-state index in [4.69, 9.17) is 4.74 Å². The second-order valence-corrected chi connectivity index (χ2v) is 7.61. The van der Waals surface area contributed by atoms with Crippen molar-refractivity contribution in [2.45, 2.75) is 64.9 Å². The van der Waals surface area contributed by atoms with E-state index in [-0.39, 0.29) is 23.4 Å². The summed E-state index contributed by atoms with van der Waals surface area (Å²) in [5.74, 6) is 1.61. The molecule has 3 heteroatoms. The van der Waals surface area contributed by atoms with Gasteiger partial charge in [0, 0.05) is 24.3 Å². The minimum absolute atomic E-state index is 0.00180. The number of ether oxygens (including phenoxy) is 1. The van der Waals surface area contributed by atoms with Gasteiger partial charge < -0.3 is 4.74 Å². The second kappa shape index (κ2) is 5.26. The van der Waals surface area contributed by atoms with Crippen molar-refractivity contribution < 1.29 is 14.3 Å². The topological polar surface area (TPSA) is 43.4 Å². The molecule has 1 aliphatic heterocycles. The van der Waals surface area contributed by atoms with Crippen LogP contribution in [0.25, 0.3) is 0 Å². The van der Waals surface area contributed by atoms with Crippen molar-refractivity contribution in [2.24, 2.45) is 23.2 Å². The Bertz CT molecular complexity index is 465. The second-order valence-electron chi connectivity index (χ2n) is 7.61. The molecule has 0 aromatic heterocycles. The fourth-order valence-electron chi connectivity index (χ4n) is 5.25. The predicted molar refractivity (Wildman–Crippen MR) is 80.6 cm³/mol. The average Bonchev–Trinajstić information content (AvgIpc) is 2.91. The van der Waals surface area contributed by atoms with Crippen LogP contribution in [-0.2, 0) is 14.3 Å². The van der Waals surface area contributed by atoms with Crippen LogP contribution in [0.2, 0.25) is 0 Å². The van der Waals surface area contributed by atoms with E-state index in [2.05, 4.69) is 20.4 Å². The first-order valence-corrected chi connectivity index (χ1v) is 8.33. The number of hydrogen-bond donors (Lipinski definition) is 0. The van der Waals surface area contributed by atoms with E-state index < -0.39 is 0 Å². The van der Waals surface area contributed by atoms with Crippen molar-refractivity contribution in [3.63, 3.8) is 0 Å². The molecule has 0 amide bonds. The number of cyclic esters (lactones) is 1. The Morgan fingerprint density at radius 2 is 2.14 bits per heavy atom. The SMILES string of the molecule is C=C1CC(C[C@@H](C)[C@H]2CC[C@H]3C(=O)CCC[C@]23C)OC1=O. The zero-order valence-corrected chi connectivity index (χ0v) is 13.2. The van der Waals surface area contributed by atoms with Gasteiger partial charge in [0.25, 0.3) is 0 Å². The van der Waals surface area contributed by atoms with Gasteiger partial charge in [-0.3, -0.25) is 4.79 Å². The number of Topliss-reactive ketones (excluding diaryl/α,β-unsaturated/α-hetero) is 1. The highest BCUT2D eigenvalue weighted by molar-refractivity contribution is 5.89. The average molecular weight is 290 g/mol. The number of carbonyl (C=O) groups excluding carboxylic acids is 2. The largest absolute Gasteiger partial charge is 0.459 e. The third-order valence-electron chi connectivity index (χ3n) is 6.29. The van der Waals surface area contributed by atoms with E-state index in [1.165, 1.54) is 6.42 Å². The number of hydrogen-bond acceptors (Lipinski definition) is 3. The van der Waals surface area contributed by atoms with Gasteiger partial charge in [0.15, 0.2) is 0 Å². The zero-order valence-electron chi connectivity index (χ0n) is 13.2. The number of fused-ring (bicyclic) bond motifs is 1. The minimum atomic E-state index is -0.226. The molecule has 0 spiro atoms. The van der Waals surface area contributed by atoms with Crippen LogP contribution in [0.4, 0.5) is 0 Å². The lowest BCUT2D eigenvalue weighted by Gasteiger charge is -2.42. The van der Waals surface area contributed by atoms with E-state index in [1.54, 1.807) is 0 Å². The summed E-state index contributed by atoms with van der Waals surface area (Å²) in [6.45, 7) is 8.35. The maximum atomic E-state index is 12.2. The van der Waals surface area contributed by atoms with Crippen LogP contribution in [0.1, 0.15) is 58.8 Å². The van der Waals surface area contributed by atoms with Gasteiger partial charge in [-0.05, 0) is 49.4 Å². The summed E-state index contributed by atoms with van der Waals surface area (Å²) >= 11 is 0. The monoisotopic (exact) mass is 290 g/mol. The van der Waals surface area contributed by atoms with Crippen LogP contribution in [0, 0.1) is 23.2 Å². The Hall–Kier alpha value is -1.12. The molecule has 1 heterocycles. The van der Waals surface area contributed by atoms with Crippen molar-refractivity contribution in [2.75, 3.05) is 0 Å². The lowest BCUT2D eigenvalue weighted by molar-refractivity contribution is -0.139. The molecule has 3 aliphatic rings. The first kappa shape index (κ1) is 14.8. The highest BCUT2D eigenvalue weighted by Gasteiger charge is 2.52. The molecule has 0 bridgehead atoms. The fraction of sp³-hybridized carbons (Fsp3) is 0.778. The predicted octanol–water partition coefficient (Wildman–Crippen LogP) is 3.67. The van der Waals surface area contributed by atoms with Crippen molar-refractivity contribution in [1.82, 2.24) is 0 Å². The normalized spacial score (nSPS) is 41.0. The molecule has 0 radical (unpaired) electrons. The van der Waals surface area contributed by atoms with Gasteiger partial charge in [-0.2, -0.15) is 0 Å². The van der Waals surface area contributed by atoms with Crippen LogP contribution in [-0.4, -0.2) is 17.9 Å². The molecular formula is C18H26O3. The summed E-state index contributed by atoms with van der Waals surface area (Å²) in [5, 5.41) is 0. The van der Waals surface area contributed by atoms with Crippen LogP contribution >= 0.6 is 0 Å². The Balaban J connectivity index is 1.68. The first-order valence-electron chi connectivity index (χ1n) is 8.33. The maximum absolute atomic E-state index is 12.2. The summed E-state index contributed by atoms with van der Waals surface area (Å²) in [4.78, 5) is 23.7. The highest BCUT2D eigenvalue weighted by Crippen LogP contribution is 2.57.